The van der Waals surface area contributed by atoms with E-state index in [1.165, 1.54) is 5.56 Å². The van der Waals surface area contributed by atoms with Crippen LogP contribution in [0.2, 0.25) is 0 Å². The Morgan fingerprint density at radius 3 is 2.61 bits per heavy atom. The van der Waals surface area contributed by atoms with Gasteiger partial charge < -0.3 is 18.9 Å². The number of nitrogens with zero attached hydrogens (tertiary/aromatic N) is 5. The van der Waals surface area contributed by atoms with E-state index in [4.69, 9.17) is 12.5 Å². The quantitative estimate of drug-likeness (QED) is 0.121. The summed E-state index contributed by atoms with van der Waals surface area (Å²) in [7, 11) is 0. The van der Waals surface area contributed by atoms with Crippen LogP contribution >= 0.6 is 0 Å². The summed E-state index contributed by atoms with van der Waals surface area (Å²) in [4.78, 5) is 9.18. The van der Waals surface area contributed by atoms with Gasteiger partial charge in [-0.05, 0) is 70.9 Å². The summed E-state index contributed by atoms with van der Waals surface area (Å²) in [5, 5.41) is 2.18. The molecule has 0 aliphatic rings. The van der Waals surface area contributed by atoms with E-state index in [9.17, 15) is 0 Å². The third kappa shape index (κ3) is 6.27. The monoisotopic (exact) mass is 786 g/mol. The van der Waals surface area contributed by atoms with Gasteiger partial charge in [-0.2, -0.15) is 6.07 Å². The molecular formula is C39H35N5OPt-2. The average Bonchev–Trinajstić information content (AvgIpc) is 3.68. The molecule has 0 saturated carbocycles. The van der Waals surface area contributed by atoms with Crippen molar-refractivity contribution in [2.24, 2.45) is 5.92 Å². The fourth-order valence-corrected chi connectivity index (χ4v) is 5.51. The van der Waals surface area contributed by atoms with Crippen LogP contribution in [0.1, 0.15) is 48.5 Å². The number of ether oxygens (including phenoxy) is 1. The van der Waals surface area contributed by atoms with Crippen molar-refractivity contribution in [2.45, 2.75) is 46.4 Å². The van der Waals surface area contributed by atoms with Crippen molar-refractivity contribution in [3.05, 3.63) is 133 Å². The normalized spacial score (nSPS) is 12.7. The van der Waals surface area contributed by atoms with Gasteiger partial charge in [0, 0.05) is 59.4 Å². The molecule has 0 amide bonds. The van der Waals surface area contributed by atoms with Gasteiger partial charge in [-0.15, -0.1) is 23.6 Å². The van der Waals surface area contributed by atoms with Gasteiger partial charge in [-0.1, -0.05) is 82.2 Å². The van der Waals surface area contributed by atoms with Crippen molar-refractivity contribution < 1.29 is 33.1 Å². The second-order valence-corrected chi connectivity index (χ2v) is 12.5. The molecule has 0 spiro atoms. The summed E-state index contributed by atoms with van der Waals surface area (Å²) in [5.41, 5.74) is 5.19. The Kier molecular flexibility index (Phi) is 7.97. The molecule has 0 unspecified atom stereocenters. The van der Waals surface area contributed by atoms with E-state index in [-0.39, 0.29) is 32.4 Å². The molecule has 0 aliphatic heterocycles. The first kappa shape index (κ1) is 28.9. The summed E-state index contributed by atoms with van der Waals surface area (Å²) in [6.07, 6.45) is 10.8. The molecule has 7 aromatic rings. The first-order valence-electron chi connectivity index (χ1n) is 16.1. The van der Waals surface area contributed by atoms with Crippen LogP contribution in [-0.4, -0.2) is 19.1 Å². The van der Waals surface area contributed by atoms with E-state index < -0.39 is 6.37 Å². The Labute approximate surface area is 287 Å². The van der Waals surface area contributed by atoms with Gasteiger partial charge in [0.05, 0.1) is 5.69 Å². The fraction of sp³-hybridized carbons (Fsp3) is 0.205. The SMILES string of the molecule is [2H]C([2H])(c1cccc(-[n+]2[c-]n(-c3[c-]c(Oc4[c-]c5c(cc4)c4ccccc4n5-c4cc(C(C)(C)C)ccn4)cnc3)cc2)c1)C(C)C.[Pt]. The molecular weight excluding hydrogens is 750 g/mol. The van der Waals surface area contributed by atoms with Gasteiger partial charge >= 0.3 is 0 Å². The summed E-state index contributed by atoms with van der Waals surface area (Å²) >= 11 is 0. The van der Waals surface area contributed by atoms with E-state index in [0.29, 0.717) is 22.7 Å². The van der Waals surface area contributed by atoms with Gasteiger partial charge in [0.2, 0.25) is 0 Å². The van der Waals surface area contributed by atoms with Gasteiger partial charge in [0.25, 0.3) is 6.33 Å². The minimum absolute atomic E-state index is 0. The molecule has 7 heteroatoms. The number of hydrogen-bond acceptors (Lipinski definition) is 3. The third-order valence-electron chi connectivity index (χ3n) is 7.68. The van der Waals surface area contributed by atoms with Crippen LogP contribution in [0, 0.1) is 24.4 Å². The van der Waals surface area contributed by atoms with Crippen molar-refractivity contribution in [1.29, 1.82) is 0 Å². The fourth-order valence-electron chi connectivity index (χ4n) is 5.51. The number of rotatable bonds is 7. The van der Waals surface area contributed by atoms with E-state index >= 15 is 0 Å². The van der Waals surface area contributed by atoms with Gasteiger partial charge in [0.1, 0.15) is 5.82 Å². The maximum atomic E-state index is 8.50. The molecule has 0 saturated heterocycles. The zero-order valence-corrected chi connectivity index (χ0v) is 28.6. The summed E-state index contributed by atoms with van der Waals surface area (Å²) in [6.45, 7) is 10.4. The molecule has 0 bridgehead atoms. The Hall–Kier alpha value is -4.54. The molecule has 3 aromatic carbocycles. The van der Waals surface area contributed by atoms with E-state index in [2.05, 4.69) is 79.1 Å². The van der Waals surface area contributed by atoms with Crippen molar-refractivity contribution in [3.8, 4) is 28.7 Å². The molecule has 0 atom stereocenters. The molecule has 234 valence electrons. The van der Waals surface area contributed by atoms with E-state index in [1.807, 2.05) is 79.5 Å². The minimum atomic E-state index is -1.44. The third-order valence-corrected chi connectivity index (χ3v) is 7.68. The predicted molar refractivity (Wildman–Crippen MR) is 177 cm³/mol. The molecule has 0 N–H and O–H groups in total. The predicted octanol–water partition coefficient (Wildman–Crippen LogP) is 8.33. The summed E-state index contributed by atoms with van der Waals surface area (Å²) in [5.74, 6) is 1.65. The maximum absolute atomic E-state index is 8.50. The molecule has 7 rings (SSSR count). The Morgan fingerprint density at radius 2 is 1.78 bits per heavy atom. The van der Waals surface area contributed by atoms with Crippen LogP contribution in [-0.2, 0) is 32.9 Å². The topological polar surface area (TPSA) is 48.8 Å². The van der Waals surface area contributed by atoms with Crippen LogP contribution in [0.3, 0.4) is 0 Å². The van der Waals surface area contributed by atoms with Gasteiger partial charge in [-0.25, -0.2) is 4.98 Å². The summed E-state index contributed by atoms with van der Waals surface area (Å²) < 4.78 is 29.0. The second kappa shape index (κ2) is 12.7. The summed E-state index contributed by atoms with van der Waals surface area (Å²) in [6, 6.07) is 30.8. The second-order valence-electron chi connectivity index (χ2n) is 12.5. The van der Waals surface area contributed by atoms with Gasteiger partial charge in [0.15, 0.2) is 0 Å². The van der Waals surface area contributed by atoms with Gasteiger partial charge in [-0.3, -0.25) is 4.57 Å². The van der Waals surface area contributed by atoms with Crippen molar-refractivity contribution >= 4 is 21.8 Å². The largest absolute Gasteiger partial charge is 0.508 e. The van der Waals surface area contributed by atoms with Crippen LogP contribution in [0.5, 0.6) is 11.5 Å². The Bertz CT molecular complexity index is 2250. The molecule has 4 heterocycles. The van der Waals surface area contributed by atoms with Crippen molar-refractivity contribution in [1.82, 2.24) is 19.1 Å². The number of aromatic nitrogens is 5. The molecule has 4 aromatic heterocycles. The van der Waals surface area contributed by atoms with Crippen LogP contribution in [0.4, 0.5) is 0 Å². The zero-order chi connectivity index (χ0) is 32.9. The molecule has 0 radical (unpaired) electrons. The zero-order valence-electron chi connectivity index (χ0n) is 28.4. The molecule has 0 fully saturated rings. The molecule has 46 heavy (non-hydrogen) atoms. The number of hydrogen-bond donors (Lipinski definition) is 0. The maximum Gasteiger partial charge on any atom is 0.267 e. The van der Waals surface area contributed by atoms with E-state index in [1.54, 1.807) is 17.0 Å². The first-order valence-corrected chi connectivity index (χ1v) is 15.1. The number of benzene rings is 3. The van der Waals surface area contributed by atoms with Crippen LogP contribution < -0.4 is 9.30 Å². The number of para-hydroxylation sites is 1. The molecule has 0 aliphatic carbocycles. The number of pyridine rings is 2. The Balaban J connectivity index is 0.00000401. The minimum Gasteiger partial charge on any atom is -0.508 e. The average molecular weight is 787 g/mol. The van der Waals surface area contributed by atoms with Crippen molar-refractivity contribution in [3.63, 3.8) is 0 Å². The standard InChI is InChI=1S/C39H35N5O.Pt/c1-27(2)19-28-9-8-10-30(20-28)42-17-18-43(26-42)31-22-33(25-40-24-31)45-32-13-14-35-34-11-6-7-12-36(34)44(37(35)23-32)38-21-29(15-16-41-38)39(3,4)5;/h6-18,20-21,24-25,27H,19H2,1-5H3;/q-2;/i19D2;. The molecule has 6 nitrogen and oxygen atoms in total. The van der Waals surface area contributed by atoms with Crippen LogP contribution in [0.15, 0.2) is 104 Å². The first-order chi connectivity index (χ1) is 22.5. The van der Waals surface area contributed by atoms with Crippen LogP contribution in [0.25, 0.3) is 39.0 Å². The van der Waals surface area contributed by atoms with Crippen molar-refractivity contribution in [2.75, 3.05) is 0 Å². The smallest absolute Gasteiger partial charge is 0.267 e. The Morgan fingerprint density at radius 1 is 0.935 bits per heavy atom. The number of imidazole rings is 1. The van der Waals surface area contributed by atoms with E-state index in [0.717, 1.165) is 33.3 Å². The number of fused-ring (bicyclic) bond motifs is 3.